The van der Waals surface area contributed by atoms with Gasteiger partial charge in [0, 0.05) is 29.2 Å². The third-order valence-corrected chi connectivity index (χ3v) is 6.18. The number of carbonyl (C=O) groups excluding carboxylic acids is 1. The molecule has 0 aliphatic rings. The number of amides is 1. The topological polar surface area (TPSA) is 126 Å². The Morgan fingerprint density at radius 2 is 1.66 bits per heavy atom. The number of pyridine rings is 1. The minimum atomic E-state index is -3.89. The van der Waals surface area contributed by atoms with Crippen LogP contribution in [0.3, 0.4) is 0 Å². The minimum absolute atomic E-state index is 0.0271. The zero-order chi connectivity index (χ0) is 24.8. The van der Waals surface area contributed by atoms with Crippen LogP contribution in [0.1, 0.15) is 16.7 Å². The molecule has 3 aromatic carbocycles. The molecule has 7 nitrogen and oxygen atoms in total. The Morgan fingerprint density at radius 1 is 0.943 bits per heavy atom. The first kappa shape index (κ1) is 23.6. The summed E-state index contributed by atoms with van der Waals surface area (Å²) in [4.78, 5) is 17.3. The van der Waals surface area contributed by atoms with Crippen molar-refractivity contribution in [2.45, 2.75) is 4.90 Å². The van der Waals surface area contributed by atoms with Gasteiger partial charge in [-0.2, -0.15) is 5.26 Å². The lowest BCUT2D eigenvalue weighted by Gasteiger charge is -2.12. The van der Waals surface area contributed by atoms with Crippen LogP contribution in [0, 0.1) is 11.3 Å². The molecule has 4 aromatic rings. The van der Waals surface area contributed by atoms with E-state index in [1.807, 2.05) is 6.07 Å². The van der Waals surface area contributed by atoms with Crippen molar-refractivity contribution in [2.75, 3.05) is 5.32 Å². The Labute approximate surface area is 203 Å². The number of benzene rings is 3. The van der Waals surface area contributed by atoms with Gasteiger partial charge in [0.05, 0.1) is 16.5 Å². The van der Waals surface area contributed by atoms with Gasteiger partial charge in [-0.05, 0) is 65.2 Å². The highest BCUT2D eigenvalue weighted by Crippen LogP contribution is 2.28. The van der Waals surface area contributed by atoms with Crippen LogP contribution in [0.2, 0.25) is 0 Å². The average Bonchev–Trinajstić information content (AvgIpc) is 2.88. The van der Waals surface area contributed by atoms with E-state index >= 15 is 0 Å². The molecule has 0 fully saturated rings. The SMILES string of the molecule is N#Cc1cccc(/C=C(/C(=O)Nc2ccc(-c3ccccc3S(N)(=O)=O)cc2)c2ccncc2)c1. The Balaban J connectivity index is 1.64. The number of aromatic nitrogens is 1. The molecule has 8 heteroatoms. The molecule has 0 bridgehead atoms. The lowest BCUT2D eigenvalue weighted by molar-refractivity contribution is -0.111. The fourth-order valence-electron chi connectivity index (χ4n) is 3.56. The summed E-state index contributed by atoms with van der Waals surface area (Å²) in [7, 11) is -3.89. The number of nitrogens with one attached hydrogen (secondary N) is 1. The van der Waals surface area contributed by atoms with Gasteiger partial charge < -0.3 is 5.32 Å². The average molecular weight is 481 g/mol. The molecule has 35 heavy (non-hydrogen) atoms. The molecule has 0 saturated heterocycles. The van der Waals surface area contributed by atoms with Crippen LogP contribution in [0.15, 0.2) is 102 Å². The molecule has 1 amide bonds. The van der Waals surface area contributed by atoms with Crippen molar-refractivity contribution in [1.29, 1.82) is 5.26 Å². The van der Waals surface area contributed by atoms with Crippen molar-refractivity contribution in [3.63, 3.8) is 0 Å². The van der Waals surface area contributed by atoms with Crippen LogP contribution in [0.5, 0.6) is 0 Å². The number of rotatable bonds is 6. The molecule has 3 N–H and O–H groups in total. The Kier molecular flexibility index (Phi) is 6.83. The van der Waals surface area contributed by atoms with Crippen molar-refractivity contribution in [3.05, 3.63) is 114 Å². The fourth-order valence-corrected chi connectivity index (χ4v) is 4.32. The lowest BCUT2D eigenvalue weighted by atomic mass is 10.0. The predicted octanol–water partition coefficient (Wildman–Crippen LogP) is 4.45. The maximum absolute atomic E-state index is 13.3. The highest BCUT2D eigenvalue weighted by Gasteiger charge is 2.16. The van der Waals surface area contributed by atoms with E-state index in [1.54, 1.807) is 91.3 Å². The van der Waals surface area contributed by atoms with Crippen molar-refractivity contribution >= 4 is 33.3 Å². The number of nitrogens with zero attached hydrogens (tertiary/aromatic N) is 2. The van der Waals surface area contributed by atoms with Crippen LogP contribution in [-0.2, 0) is 14.8 Å². The van der Waals surface area contributed by atoms with Crippen LogP contribution in [-0.4, -0.2) is 19.3 Å². The standard InChI is InChI=1S/C27H20N4O3S/c28-18-20-5-3-4-19(16-20)17-25(22-12-14-30-15-13-22)27(32)31-23-10-8-21(9-11-23)24-6-1-2-7-26(24)35(29,33)34/h1-17H,(H,31,32)(H2,29,33,34)/b25-17+. The van der Waals surface area contributed by atoms with E-state index in [2.05, 4.69) is 16.4 Å². The van der Waals surface area contributed by atoms with Crippen molar-refractivity contribution in [2.24, 2.45) is 5.14 Å². The highest BCUT2D eigenvalue weighted by atomic mass is 32.2. The summed E-state index contributed by atoms with van der Waals surface area (Å²) in [6, 6.07) is 25.8. The minimum Gasteiger partial charge on any atom is -0.322 e. The Bertz CT molecular complexity index is 1560. The van der Waals surface area contributed by atoms with Gasteiger partial charge in [-0.15, -0.1) is 0 Å². The Hall–Kier alpha value is -4.58. The molecule has 0 unspecified atom stereocenters. The van der Waals surface area contributed by atoms with E-state index < -0.39 is 10.0 Å². The monoisotopic (exact) mass is 480 g/mol. The summed E-state index contributed by atoms with van der Waals surface area (Å²) >= 11 is 0. The largest absolute Gasteiger partial charge is 0.322 e. The van der Waals surface area contributed by atoms with Crippen molar-refractivity contribution in [3.8, 4) is 17.2 Å². The number of hydrogen-bond acceptors (Lipinski definition) is 5. The number of hydrogen-bond donors (Lipinski definition) is 2. The lowest BCUT2D eigenvalue weighted by Crippen LogP contribution is -2.14. The molecule has 172 valence electrons. The van der Waals surface area contributed by atoms with Crippen LogP contribution >= 0.6 is 0 Å². The van der Waals surface area contributed by atoms with Crippen molar-refractivity contribution in [1.82, 2.24) is 4.98 Å². The molecule has 0 aliphatic heterocycles. The smallest absolute Gasteiger partial charge is 0.256 e. The van der Waals surface area contributed by atoms with Crippen LogP contribution < -0.4 is 10.5 Å². The fraction of sp³-hybridized carbons (Fsp3) is 0. The molecule has 0 saturated carbocycles. The quantitative estimate of drug-likeness (QED) is 0.394. The van der Waals surface area contributed by atoms with Gasteiger partial charge in [-0.3, -0.25) is 9.78 Å². The van der Waals surface area contributed by atoms with E-state index in [9.17, 15) is 18.5 Å². The van der Waals surface area contributed by atoms with Gasteiger partial charge in [0.1, 0.15) is 0 Å². The zero-order valence-electron chi connectivity index (χ0n) is 18.4. The van der Waals surface area contributed by atoms with E-state index in [0.717, 1.165) is 0 Å². The molecular weight excluding hydrogens is 460 g/mol. The van der Waals surface area contributed by atoms with Gasteiger partial charge in [0.15, 0.2) is 0 Å². The van der Waals surface area contributed by atoms with Gasteiger partial charge in [-0.25, -0.2) is 13.6 Å². The molecule has 4 rings (SSSR count). The molecule has 0 radical (unpaired) electrons. The van der Waals surface area contributed by atoms with Gasteiger partial charge in [0.2, 0.25) is 10.0 Å². The Morgan fingerprint density at radius 3 is 2.34 bits per heavy atom. The molecule has 0 aliphatic carbocycles. The summed E-state index contributed by atoms with van der Waals surface area (Å²) in [5.41, 5.74) is 3.90. The molecular formula is C27H20N4O3S. The second-order valence-electron chi connectivity index (χ2n) is 7.60. The van der Waals surface area contributed by atoms with Gasteiger partial charge in [0.25, 0.3) is 5.91 Å². The summed E-state index contributed by atoms with van der Waals surface area (Å²) in [6.45, 7) is 0. The summed E-state index contributed by atoms with van der Waals surface area (Å²) in [5, 5.41) is 17.4. The van der Waals surface area contributed by atoms with Crippen LogP contribution in [0.4, 0.5) is 5.69 Å². The number of anilines is 1. The normalized spacial score (nSPS) is 11.5. The first-order valence-corrected chi connectivity index (χ1v) is 12.1. The van der Waals surface area contributed by atoms with Gasteiger partial charge in [-0.1, -0.05) is 42.5 Å². The summed E-state index contributed by atoms with van der Waals surface area (Å²) in [6.07, 6.45) is 4.90. The molecule has 0 spiro atoms. The van der Waals surface area contributed by atoms with E-state index in [0.29, 0.717) is 39.1 Å². The number of carbonyl (C=O) groups is 1. The first-order valence-electron chi connectivity index (χ1n) is 10.5. The first-order chi connectivity index (χ1) is 16.8. The molecule has 0 atom stereocenters. The number of nitriles is 1. The summed E-state index contributed by atoms with van der Waals surface area (Å²) in [5.74, 6) is -0.351. The third kappa shape index (κ3) is 5.68. The maximum Gasteiger partial charge on any atom is 0.256 e. The second-order valence-corrected chi connectivity index (χ2v) is 9.13. The van der Waals surface area contributed by atoms with E-state index in [4.69, 9.17) is 5.14 Å². The maximum atomic E-state index is 13.3. The highest BCUT2D eigenvalue weighted by molar-refractivity contribution is 7.89. The third-order valence-electron chi connectivity index (χ3n) is 5.21. The van der Waals surface area contributed by atoms with E-state index in [-0.39, 0.29) is 10.8 Å². The molecule has 1 heterocycles. The summed E-state index contributed by atoms with van der Waals surface area (Å²) < 4.78 is 23.9. The number of primary sulfonamides is 1. The van der Waals surface area contributed by atoms with Crippen LogP contribution in [0.25, 0.3) is 22.8 Å². The predicted molar refractivity (Wildman–Crippen MR) is 135 cm³/mol. The zero-order valence-corrected chi connectivity index (χ0v) is 19.2. The second kappa shape index (κ2) is 10.1. The van der Waals surface area contributed by atoms with E-state index in [1.165, 1.54) is 6.07 Å². The van der Waals surface area contributed by atoms with Gasteiger partial charge >= 0.3 is 0 Å². The molecule has 1 aromatic heterocycles. The van der Waals surface area contributed by atoms with Crippen molar-refractivity contribution < 1.29 is 13.2 Å². The number of nitrogens with two attached hydrogens (primary N) is 1. The number of sulfonamides is 1.